The molecule has 0 aliphatic carbocycles. The van der Waals surface area contributed by atoms with E-state index >= 15 is 0 Å². The van der Waals surface area contributed by atoms with E-state index in [1.807, 2.05) is 12.1 Å². The Morgan fingerprint density at radius 3 is 1.13 bits per heavy atom. The largest absolute Gasteiger partial charge is 0.292 e. The van der Waals surface area contributed by atoms with Gasteiger partial charge in [0.2, 0.25) is 0 Å². The molecule has 0 aliphatic rings. The number of imidazole rings is 2. The van der Waals surface area contributed by atoms with E-state index in [1.165, 1.54) is 37.7 Å². The van der Waals surface area contributed by atoms with Crippen molar-refractivity contribution in [2.45, 2.75) is 0 Å². The lowest BCUT2D eigenvalue weighted by molar-refractivity contribution is 1.10. The van der Waals surface area contributed by atoms with Gasteiger partial charge >= 0.3 is 0 Å². The zero-order valence-corrected chi connectivity index (χ0v) is 49.9. The smallest absolute Gasteiger partial charge is 0.160 e. The first-order chi connectivity index (χ1) is 45.6. The number of para-hydroxylation sites is 2. The molecule has 6 heteroatoms. The second-order valence-corrected chi connectivity index (χ2v) is 23.7. The van der Waals surface area contributed by atoms with Crippen molar-refractivity contribution in [1.29, 1.82) is 0 Å². The molecule has 15 aromatic carbocycles. The summed E-state index contributed by atoms with van der Waals surface area (Å²) in [6.07, 6.45) is 0. The van der Waals surface area contributed by atoms with Gasteiger partial charge in [-0.25, -0.2) is 19.9 Å². The number of benzene rings is 15. The van der Waals surface area contributed by atoms with Crippen LogP contribution in [0, 0.1) is 0 Å². The van der Waals surface area contributed by atoms with Crippen LogP contribution < -0.4 is 0 Å². The monoisotopic (exact) mass is 1170 g/mol. The Labute approximate surface area is 530 Å². The molecule has 428 valence electrons. The van der Waals surface area contributed by atoms with Gasteiger partial charge in [-0.1, -0.05) is 255 Å². The minimum absolute atomic E-state index is 0.636. The third-order valence-corrected chi connectivity index (χ3v) is 18.3. The van der Waals surface area contributed by atoms with Crippen molar-refractivity contribution in [3.63, 3.8) is 0 Å². The number of rotatable bonds is 10. The summed E-state index contributed by atoms with van der Waals surface area (Å²) in [4.78, 5) is 22.1. The highest BCUT2D eigenvalue weighted by atomic mass is 15.1. The van der Waals surface area contributed by atoms with Crippen molar-refractivity contribution in [3.8, 4) is 101 Å². The molecule has 0 spiro atoms. The number of nitrogens with zero attached hydrogens (tertiary/aromatic N) is 6. The van der Waals surface area contributed by atoms with E-state index in [4.69, 9.17) is 19.9 Å². The van der Waals surface area contributed by atoms with Gasteiger partial charge in [-0.15, -0.1) is 0 Å². The van der Waals surface area contributed by atoms with E-state index in [2.05, 4.69) is 325 Å². The van der Waals surface area contributed by atoms with Crippen molar-refractivity contribution in [2.24, 2.45) is 0 Å². The molecule has 0 atom stereocenters. The molecule has 18 rings (SSSR count). The number of hydrogen-bond donors (Lipinski definition) is 0. The highest BCUT2D eigenvalue weighted by Gasteiger charge is 2.23. The van der Waals surface area contributed by atoms with Crippen LogP contribution in [0.5, 0.6) is 0 Å². The van der Waals surface area contributed by atoms with Gasteiger partial charge in [-0.2, -0.15) is 0 Å². The van der Waals surface area contributed by atoms with Crippen LogP contribution in [0.4, 0.5) is 0 Å². The average molecular weight is 1170 g/mol. The van der Waals surface area contributed by atoms with Crippen LogP contribution in [-0.2, 0) is 0 Å². The molecule has 18 aromatic rings. The first-order valence-corrected chi connectivity index (χ1v) is 31.3. The average Bonchev–Trinajstić information content (AvgIpc) is 1.04. The van der Waals surface area contributed by atoms with Crippen LogP contribution in [0.15, 0.2) is 328 Å². The fourth-order valence-corrected chi connectivity index (χ4v) is 13.9. The summed E-state index contributed by atoms with van der Waals surface area (Å²) in [7, 11) is 0. The van der Waals surface area contributed by atoms with Crippen LogP contribution in [0.2, 0.25) is 0 Å². The predicted octanol–water partition coefficient (Wildman–Crippen LogP) is 22.3. The second-order valence-electron chi connectivity index (χ2n) is 23.7. The van der Waals surface area contributed by atoms with Gasteiger partial charge in [0, 0.05) is 44.6 Å². The minimum Gasteiger partial charge on any atom is -0.292 e. The predicted molar refractivity (Wildman–Crippen MR) is 382 cm³/mol. The minimum atomic E-state index is 0.636. The first-order valence-electron chi connectivity index (χ1n) is 31.3. The summed E-state index contributed by atoms with van der Waals surface area (Å²) in [6.45, 7) is 0. The van der Waals surface area contributed by atoms with Gasteiger partial charge in [-0.3, -0.25) is 9.13 Å². The van der Waals surface area contributed by atoms with Crippen LogP contribution in [0.1, 0.15) is 0 Å². The molecule has 0 unspecified atom stereocenters. The van der Waals surface area contributed by atoms with Crippen molar-refractivity contribution in [1.82, 2.24) is 29.1 Å². The molecule has 0 aliphatic heterocycles. The summed E-state index contributed by atoms with van der Waals surface area (Å²) in [5.41, 5.74) is 20.4. The van der Waals surface area contributed by atoms with E-state index in [-0.39, 0.29) is 0 Å². The summed E-state index contributed by atoms with van der Waals surface area (Å²) >= 11 is 0. The Morgan fingerprint density at radius 2 is 0.620 bits per heavy atom. The SMILES string of the molecule is c1ccc(-c2nc3cc(-c4ccc(-c5nc(-c6ccc(-c7ccc8c(c7)nc(-c7ccccc7)n8-c7ccccc7)cc6)c6cc(-c7cc8ccccc8c8ccccc78)cc(-c7cc8ccccc8c8ccccc78)c6n5)cc4)ccc3n2-c2ccccc2)cc1. The zero-order valence-electron chi connectivity index (χ0n) is 49.9. The van der Waals surface area contributed by atoms with E-state index in [0.717, 1.165) is 134 Å². The third-order valence-electron chi connectivity index (χ3n) is 18.3. The maximum Gasteiger partial charge on any atom is 0.160 e. The highest BCUT2D eigenvalue weighted by molar-refractivity contribution is 6.19. The molecular weight excluding hydrogens is 1120 g/mol. The molecule has 0 saturated heterocycles. The lowest BCUT2D eigenvalue weighted by Gasteiger charge is -2.18. The molecule has 0 amide bonds. The zero-order chi connectivity index (χ0) is 60.6. The standard InChI is InChI=1S/C86H54N6/c1-5-21-59(22-6-1)85-87-78-53-61(45-47-80(78)91(85)66-27-9-3-10-28-66)55-37-41-57(42-38-55)82-77-52-65(74-49-63-25-13-15-31-68(63)70-33-17-19-35-72(70)74)51-76(75-50-64-26-14-16-32-69(64)71-34-18-20-36-73(71)75)83(77)90-84(89-82)58-43-39-56(40-44-58)62-46-48-81-79(54-62)88-86(60-23-7-2-8-24-60)92(81)67-29-11-4-12-30-67/h1-54H. The molecule has 0 fully saturated rings. The Balaban J connectivity index is 0.834. The van der Waals surface area contributed by atoms with Gasteiger partial charge in [0.05, 0.1) is 33.3 Å². The van der Waals surface area contributed by atoms with E-state index in [9.17, 15) is 0 Å². The Hall–Kier alpha value is -12.4. The summed E-state index contributed by atoms with van der Waals surface area (Å²) in [6, 6.07) is 117. The highest BCUT2D eigenvalue weighted by Crippen LogP contribution is 2.46. The molecular formula is C86H54N6. The van der Waals surface area contributed by atoms with Gasteiger partial charge in [0.1, 0.15) is 11.6 Å². The summed E-state index contributed by atoms with van der Waals surface area (Å²) < 4.78 is 4.51. The van der Waals surface area contributed by atoms with Crippen LogP contribution >= 0.6 is 0 Å². The molecule has 3 aromatic heterocycles. The molecule has 0 N–H and O–H groups in total. The first kappa shape index (κ1) is 52.7. The van der Waals surface area contributed by atoms with Crippen molar-refractivity contribution >= 4 is 76.1 Å². The molecule has 0 saturated carbocycles. The molecule has 0 bridgehead atoms. The maximum absolute atomic E-state index is 5.77. The fourth-order valence-electron chi connectivity index (χ4n) is 13.9. The summed E-state index contributed by atoms with van der Waals surface area (Å²) in [5.74, 6) is 2.44. The van der Waals surface area contributed by atoms with Crippen molar-refractivity contribution in [2.75, 3.05) is 0 Å². The van der Waals surface area contributed by atoms with Gasteiger partial charge in [-0.05, 0) is 155 Å². The second kappa shape index (κ2) is 21.7. The van der Waals surface area contributed by atoms with Crippen molar-refractivity contribution in [3.05, 3.63) is 328 Å². The number of fused-ring (bicyclic) bond motifs is 9. The Morgan fingerprint density at radius 1 is 0.217 bits per heavy atom. The van der Waals surface area contributed by atoms with Crippen LogP contribution in [0.25, 0.3) is 177 Å². The lowest BCUT2D eigenvalue weighted by Crippen LogP contribution is -1.99. The Kier molecular flexibility index (Phi) is 12.5. The van der Waals surface area contributed by atoms with Crippen molar-refractivity contribution < 1.29 is 0 Å². The van der Waals surface area contributed by atoms with Gasteiger partial charge in [0.15, 0.2) is 5.82 Å². The maximum atomic E-state index is 5.77. The van der Waals surface area contributed by atoms with Crippen LogP contribution in [0.3, 0.4) is 0 Å². The van der Waals surface area contributed by atoms with E-state index in [1.54, 1.807) is 0 Å². The van der Waals surface area contributed by atoms with Gasteiger partial charge in [0.25, 0.3) is 0 Å². The molecule has 92 heavy (non-hydrogen) atoms. The quantitative estimate of drug-likeness (QED) is 0.128. The molecule has 0 radical (unpaired) electrons. The Bertz CT molecular complexity index is 5900. The van der Waals surface area contributed by atoms with Crippen LogP contribution in [-0.4, -0.2) is 29.1 Å². The topological polar surface area (TPSA) is 61.4 Å². The molecule has 6 nitrogen and oxygen atoms in total. The lowest BCUT2D eigenvalue weighted by atomic mass is 9.87. The van der Waals surface area contributed by atoms with E-state index < -0.39 is 0 Å². The number of aromatic nitrogens is 6. The number of hydrogen-bond acceptors (Lipinski definition) is 4. The third kappa shape index (κ3) is 8.95. The normalized spacial score (nSPS) is 11.7. The summed E-state index contributed by atoms with van der Waals surface area (Å²) in [5, 5.41) is 10.5. The fraction of sp³-hybridized carbons (Fsp3) is 0. The van der Waals surface area contributed by atoms with Gasteiger partial charge < -0.3 is 0 Å². The van der Waals surface area contributed by atoms with E-state index in [0.29, 0.717) is 5.82 Å². The molecule has 3 heterocycles.